The van der Waals surface area contributed by atoms with Gasteiger partial charge in [0.25, 0.3) is 0 Å². The van der Waals surface area contributed by atoms with E-state index in [0.717, 1.165) is 27.9 Å². The minimum Gasteiger partial charge on any atom is -0.487 e. The Hall–Kier alpha value is -2.13. The van der Waals surface area contributed by atoms with E-state index in [4.69, 9.17) is 16.3 Å². The fraction of sp³-hybridized carbons (Fsp3) is 0.125. The van der Waals surface area contributed by atoms with Crippen molar-refractivity contribution in [1.29, 1.82) is 0 Å². The molecule has 3 nitrogen and oxygen atoms in total. The number of aromatic nitrogens is 2. The molecule has 100 valence electrons. The number of rotatable bonds is 3. The molecule has 0 atom stereocenters. The van der Waals surface area contributed by atoms with E-state index in [1.54, 1.807) is 12.3 Å². The summed E-state index contributed by atoms with van der Waals surface area (Å²) in [7, 11) is 0. The molecule has 3 rings (SSSR count). The van der Waals surface area contributed by atoms with Crippen LogP contribution in [0.5, 0.6) is 5.75 Å². The minimum atomic E-state index is 0.443. The number of hydrogen-bond acceptors (Lipinski definition) is 3. The quantitative estimate of drug-likeness (QED) is 0.677. The zero-order valence-electron chi connectivity index (χ0n) is 11.0. The van der Waals surface area contributed by atoms with Crippen LogP contribution in [-0.2, 0) is 6.61 Å². The van der Waals surface area contributed by atoms with Crippen molar-refractivity contribution in [2.45, 2.75) is 13.5 Å². The number of ether oxygens (including phenoxy) is 1. The largest absolute Gasteiger partial charge is 0.487 e. The molecule has 0 N–H and O–H groups in total. The van der Waals surface area contributed by atoms with Gasteiger partial charge in [-0.25, -0.2) is 9.97 Å². The van der Waals surface area contributed by atoms with Gasteiger partial charge in [0, 0.05) is 22.8 Å². The molecule has 0 unspecified atom stereocenters. The van der Waals surface area contributed by atoms with Crippen molar-refractivity contribution in [3.8, 4) is 5.75 Å². The van der Waals surface area contributed by atoms with Crippen molar-refractivity contribution in [1.82, 2.24) is 9.97 Å². The molecule has 2 heterocycles. The van der Waals surface area contributed by atoms with Crippen molar-refractivity contribution in [2.24, 2.45) is 0 Å². The molecule has 0 radical (unpaired) electrons. The standard InChI is InChI=1S/C16H13ClN2O/c1-11-5-7-13-3-2-4-14(16(13)19-11)20-10-12-6-8-15(17)18-9-12/h2-9H,10H2,1H3. The van der Waals surface area contributed by atoms with Crippen LogP contribution < -0.4 is 4.74 Å². The SMILES string of the molecule is Cc1ccc2cccc(OCc3ccc(Cl)nc3)c2n1. The Kier molecular flexibility index (Phi) is 3.52. The van der Waals surface area contributed by atoms with E-state index in [0.29, 0.717) is 11.8 Å². The van der Waals surface area contributed by atoms with Crippen molar-refractivity contribution in [3.63, 3.8) is 0 Å². The maximum atomic E-state index is 5.85. The highest BCUT2D eigenvalue weighted by molar-refractivity contribution is 6.29. The number of para-hydroxylation sites is 1. The monoisotopic (exact) mass is 284 g/mol. The Morgan fingerprint density at radius 2 is 2.00 bits per heavy atom. The van der Waals surface area contributed by atoms with Gasteiger partial charge in [-0.15, -0.1) is 0 Å². The lowest BCUT2D eigenvalue weighted by atomic mass is 10.2. The fourth-order valence-corrected chi connectivity index (χ4v) is 2.10. The van der Waals surface area contributed by atoms with Crippen LogP contribution in [0.1, 0.15) is 11.3 Å². The molecule has 2 aromatic heterocycles. The summed E-state index contributed by atoms with van der Waals surface area (Å²) >= 11 is 5.76. The van der Waals surface area contributed by atoms with Gasteiger partial charge in [0.05, 0.1) is 0 Å². The van der Waals surface area contributed by atoms with Gasteiger partial charge >= 0.3 is 0 Å². The predicted molar refractivity (Wildman–Crippen MR) is 80.1 cm³/mol. The number of hydrogen-bond donors (Lipinski definition) is 0. The number of halogens is 1. The van der Waals surface area contributed by atoms with E-state index in [1.807, 2.05) is 43.3 Å². The Balaban J connectivity index is 1.87. The van der Waals surface area contributed by atoms with Gasteiger partial charge in [0.2, 0.25) is 0 Å². The molecule has 0 fully saturated rings. The van der Waals surface area contributed by atoms with E-state index >= 15 is 0 Å². The van der Waals surface area contributed by atoms with Crippen molar-refractivity contribution in [3.05, 3.63) is 65.1 Å². The molecule has 0 saturated carbocycles. The summed E-state index contributed by atoms with van der Waals surface area (Å²) in [4.78, 5) is 8.58. The summed E-state index contributed by atoms with van der Waals surface area (Å²) in [5.74, 6) is 0.779. The highest BCUT2D eigenvalue weighted by Gasteiger charge is 2.04. The van der Waals surface area contributed by atoms with E-state index in [-0.39, 0.29) is 0 Å². The van der Waals surface area contributed by atoms with E-state index in [9.17, 15) is 0 Å². The highest BCUT2D eigenvalue weighted by atomic mass is 35.5. The lowest BCUT2D eigenvalue weighted by molar-refractivity contribution is 0.309. The smallest absolute Gasteiger partial charge is 0.146 e. The third-order valence-electron chi connectivity index (χ3n) is 3.01. The van der Waals surface area contributed by atoms with E-state index in [2.05, 4.69) is 9.97 Å². The van der Waals surface area contributed by atoms with Gasteiger partial charge in [-0.2, -0.15) is 0 Å². The third kappa shape index (κ3) is 2.73. The topological polar surface area (TPSA) is 35.0 Å². The highest BCUT2D eigenvalue weighted by Crippen LogP contribution is 2.24. The number of nitrogens with zero attached hydrogens (tertiary/aromatic N) is 2. The molecule has 0 aliphatic carbocycles. The second-order valence-electron chi connectivity index (χ2n) is 4.56. The van der Waals surface area contributed by atoms with Crippen LogP contribution in [0.25, 0.3) is 10.9 Å². The number of fused-ring (bicyclic) bond motifs is 1. The molecule has 4 heteroatoms. The van der Waals surface area contributed by atoms with Gasteiger partial charge < -0.3 is 4.74 Å². The average Bonchev–Trinajstić information content (AvgIpc) is 2.47. The molecule has 3 aromatic rings. The number of aryl methyl sites for hydroxylation is 1. The van der Waals surface area contributed by atoms with Crippen molar-refractivity contribution >= 4 is 22.5 Å². The third-order valence-corrected chi connectivity index (χ3v) is 3.23. The first-order valence-electron chi connectivity index (χ1n) is 6.32. The lowest BCUT2D eigenvalue weighted by Crippen LogP contribution is -1.97. The van der Waals surface area contributed by atoms with Crippen LogP contribution in [0.15, 0.2) is 48.7 Å². The molecule has 1 aromatic carbocycles. The van der Waals surface area contributed by atoms with Crippen LogP contribution in [-0.4, -0.2) is 9.97 Å². The van der Waals surface area contributed by atoms with Gasteiger partial charge in [-0.05, 0) is 25.1 Å². The van der Waals surface area contributed by atoms with Crippen LogP contribution in [0.2, 0.25) is 5.15 Å². The molecule has 20 heavy (non-hydrogen) atoms. The summed E-state index contributed by atoms with van der Waals surface area (Å²) in [6.07, 6.45) is 1.71. The number of benzene rings is 1. The molecule has 0 saturated heterocycles. The first kappa shape index (κ1) is 12.9. The number of pyridine rings is 2. The van der Waals surface area contributed by atoms with Gasteiger partial charge in [-0.1, -0.05) is 35.9 Å². The second-order valence-corrected chi connectivity index (χ2v) is 4.95. The molecule has 0 spiro atoms. The summed E-state index contributed by atoms with van der Waals surface area (Å²) in [5, 5.41) is 1.55. The van der Waals surface area contributed by atoms with Crippen molar-refractivity contribution in [2.75, 3.05) is 0 Å². The van der Waals surface area contributed by atoms with Gasteiger partial charge in [0.1, 0.15) is 23.0 Å². The molecule has 0 aliphatic rings. The lowest BCUT2D eigenvalue weighted by Gasteiger charge is -2.09. The van der Waals surface area contributed by atoms with Gasteiger partial charge in [-0.3, -0.25) is 0 Å². The maximum Gasteiger partial charge on any atom is 0.146 e. The average molecular weight is 285 g/mol. The summed E-state index contributed by atoms with van der Waals surface area (Å²) in [6.45, 7) is 2.41. The Morgan fingerprint density at radius 1 is 1.10 bits per heavy atom. The molecule has 0 bridgehead atoms. The van der Waals surface area contributed by atoms with Crippen LogP contribution >= 0.6 is 11.6 Å². The predicted octanol–water partition coefficient (Wildman–Crippen LogP) is 4.17. The zero-order valence-corrected chi connectivity index (χ0v) is 11.8. The normalized spacial score (nSPS) is 10.7. The Morgan fingerprint density at radius 3 is 2.80 bits per heavy atom. The fourth-order valence-electron chi connectivity index (χ4n) is 1.99. The van der Waals surface area contributed by atoms with E-state index < -0.39 is 0 Å². The summed E-state index contributed by atoms with van der Waals surface area (Å²) in [5.41, 5.74) is 2.83. The first-order chi connectivity index (χ1) is 9.72. The van der Waals surface area contributed by atoms with Gasteiger partial charge in [0.15, 0.2) is 0 Å². The first-order valence-corrected chi connectivity index (χ1v) is 6.70. The molecule has 0 amide bonds. The van der Waals surface area contributed by atoms with Crippen LogP contribution in [0, 0.1) is 6.92 Å². The minimum absolute atomic E-state index is 0.443. The molecular weight excluding hydrogens is 272 g/mol. The molecular formula is C16H13ClN2O. The van der Waals surface area contributed by atoms with E-state index in [1.165, 1.54) is 0 Å². The Bertz CT molecular complexity index is 741. The Labute approximate surface area is 122 Å². The van der Waals surface area contributed by atoms with Crippen molar-refractivity contribution < 1.29 is 4.74 Å². The van der Waals surface area contributed by atoms with Crippen LogP contribution in [0.4, 0.5) is 0 Å². The summed E-state index contributed by atoms with van der Waals surface area (Å²) < 4.78 is 5.85. The maximum absolute atomic E-state index is 5.85. The second kappa shape index (κ2) is 5.47. The molecule has 0 aliphatic heterocycles. The summed E-state index contributed by atoms with van der Waals surface area (Å²) in [6, 6.07) is 13.6. The zero-order chi connectivity index (χ0) is 13.9. The van der Waals surface area contributed by atoms with Crippen LogP contribution in [0.3, 0.4) is 0 Å².